The molecule has 2 aromatic rings. The molecule has 0 radical (unpaired) electrons. The first-order chi connectivity index (χ1) is 8.61. The molecule has 0 aliphatic rings. The largest absolute Gasteiger partial charge is 0.494 e. The summed E-state index contributed by atoms with van der Waals surface area (Å²) < 4.78 is 18.1. The molecule has 0 saturated carbocycles. The number of hydrogen-bond donors (Lipinski definition) is 1. The molecule has 0 fully saturated rings. The highest BCUT2D eigenvalue weighted by Crippen LogP contribution is 2.29. The maximum absolute atomic E-state index is 13.2. The summed E-state index contributed by atoms with van der Waals surface area (Å²) in [6, 6.07) is 6.12. The van der Waals surface area contributed by atoms with Gasteiger partial charge < -0.3 is 9.84 Å². The molecule has 1 aromatic carbocycles. The van der Waals surface area contributed by atoms with Crippen LogP contribution in [0.5, 0.6) is 5.75 Å². The first kappa shape index (κ1) is 13.3. The fourth-order valence-electron chi connectivity index (χ4n) is 1.65. The second kappa shape index (κ2) is 5.69. The van der Waals surface area contributed by atoms with E-state index in [1.807, 2.05) is 5.38 Å². The van der Waals surface area contributed by atoms with Gasteiger partial charge in [-0.2, -0.15) is 0 Å². The van der Waals surface area contributed by atoms with Crippen LogP contribution in [0.25, 0.3) is 0 Å². The smallest absolute Gasteiger partial charge is 0.165 e. The van der Waals surface area contributed by atoms with Crippen molar-refractivity contribution in [2.75, 3.05) is 7.11 Å². The summed E-state index contributed by atoms with van der Waals surface area (Å²) in [6.45, 7) is 0. The topological polar surface area (TPSA) is 29.5 Å². The summed E-state index contributed by atoms with van der Waals surface area (Å²) in [7, 11) is 1.39. The molecule has 18 heavy (non-hydrogen) atoms. The molecular weight excluding hydrogens is 275 g/mol. The number of thiophene rings is 1. The molecule has 0 spiro atoms. The summed E-state index contributed by atoms with van der Waals surface area (Å²) >= 11 is 7.46. The molecule has 1 N–H and O–H groups in total. The van der Waals surface area contributed by atoms with Crippen molar-refractivity contribution in [1.82, 2.24) is 0 Å². The van der Waals surface area contributed by atoms with Crippen molar-refractivity contribution in [2.24, 2.45) is 0 Å². The van der Waals surface area contributed by atoms with E-state index in [4.69, 9.17) is 16.3 Å². The van der Waals surface area contributed by atoms with Gasteiger partial charge in [-0.05, 0) is 29.1 Å². The van der Waals surface area contributed by atoms with Gasteiger partial charge in [-0.15, -0.1) is 11.3 Å². The van der Waals surface area contributed by atoms with Crippen molar-refractivity contribution in [3.05, 3.63) is 50.9 Å². The fraction of sp³-hybridized carbons (Fsp3) is 0.231. The summed E-state index contributed by atoms with van der Waals surface area (Å²) in [6.07, 6.45) is -0.318. The van der Waals surface area contributed by atoms with Crippen LogP contribution >= 0.6 is 22.9 Å². The predicted octanol–water partition coefficient (Wildman–Crippen LogP) is 3.83. The summed E-state index contributed by atoms with van der Waals surface area (Å²) in [5.41, 5.74) is 0.609. The minimum absolute atomic E-state index is 0.129. The van der Waals surface area contributed by atoms with E-state index in [-0.39, 0.29) is 5.75 Å². The van der Waals surface area contributed by atoms with E-state index < -0.39 is 11.9 Å². The monoisotopic (exact) mass is 286 g/mol. The summed E-state index contributed by atoms with van der Waals surface area (Å²) in [4.78, 5) is 0.910. The Hall–Kier alpha value is -1.10. The van der Waals surface area contributed by atoms with Gasteiger partial charge in [0.25, 0.3) is 0 Å². The lowest BCUT2D eigenvalue weighted by Gasteiger charge is -2.12. The number of hydrogen-bond acceptors (Lipinski definition) is 3. The maximum Gasteiger partial charge on any atom is 0.165 e. The van der Waals surface area contributed by atoms with E-state index in [0.717, 1.165) is 4.88 Å². The number of methoxy groups -OCH3 is 1. The van der Waals surface area contributed by atoms with Crippen LogP contribution < -0.4 is 4.74 Å². The van der Waals surface area contributed by atoms with Gasteiger partial charge in [0.2, 0.25) is 0 Å². The number of rotatable bonds is 4. The molecule has 0 aliphatic heterocycles. The summed E-state index contributed by atoms with van der Waals surface area (Å²) in [5, 5.41) is 12.6. The van der Waals surface area contributed by atoms with Gasteiger partial charge in [0, 0.05) is 11.3 Å². The Labute approximate surface area is 114 Å². The number of aliphatic hydroxyl groups is 1. The third kappa shape index (κ3) is 2.83. The third-order valence-corrected chi connectivity index (χ3v) is 4.04. The van der Waals surface area contributed by atoms with Gasteiger partial charge in [0.15, 0.2) is 11.6 Å². The quantitative estimate of drug-likeness (QED) is 0.926. The van der Waals surface area contributed by atoms with Gasteiger partial charge in [-0.3, -0.25) is 0 Å². The second-order valence-electron chi connectivity index (χ2n) is 3.81. The molecule has 1 atom stereocenters. The number of ether oxygens (including phenoxy) is 1. The zero-order valence-corrected chi connectivity index (χ0v) is 11.3. The van der Waals surface area contributed by atoms with Crippen LogP contribution in [-0.2, 0) is 6.42 Å². The first-order valence-corrected chi connectivity index (χ1v) is 6.61. The van der Waals surface area contributed by atoms with Crippen LogP contribution in [0.1, 0.15) is 16.5 Å². The Morgan fingerprint density at radius 2 is 2.22 bits per heavy atom. The van der Waals surface area contributed by atoms with Crippen LogP contribution in [0.4, 0.5) is 4.39 Å². The molecule has 1 heterocycles. The van der Waals surface area contributed by atoms with Crippen molar-refractivity contribution in [2.45, 2.75) is 12.5 Å². The van der Waals surface area contributed by atoms with E-state index in [1.54, 1.807) is 12.1 Å². The highest BCUT2D eigenvalue weighted by molar-refractivity contribution is 7.10. The van der Waals surface area contributed by atoms with Crippen LogP contribution in [-0.4, -0.2) is 12.2 Å². The molecule has 0 bridgehead atoms. The first-order valence-electron chi connectivity index (χ1n) is 5.35. The Morgan fingerprint density at radius 3 is 2.83 bits per heavy atom. The Morgan fingerprint density at radius 1 is 1.44 bits per heavy atom. The highest BCUT2D eigenvalue weighted by Gasteiger charge is 2.14. The Kier molecular flexibility index (Phi) is 4.22. The minimum Gasteiger partial charge on any atom is -0.494 e. The van der Waals surface area contributed by atoms with Crippen LogP contribution in [0.15, 0.2) is 29.6 Å². The zero-order chi connectivity index (χ0) is 13.1. The molecule has 0 aliphatic carbocycles. The highest BCUT2D eigenvalue weighted by atomic mass is 35.5. The maximum atomic E-state index is 13.2. The molecule has 2 rings (SSSR count). The molecular formula is C13H12ClFO2S. The number of benzene rings is 1. The molecule has 0 amide bonds. The Balaban J connectivity index is 2.18. The summed E-state index contributed by atoms with van der Waals surface area (Å²) in [5.74, 6) is -0.313. The van der Waals surface area contributed by atoms with E-state index in [0.29, 0.717) is 17.0 Å². The molecule has 1 aromatic heterocycles. The predicted molar refractivity (Wildman–Crippen MR) is 70.9 cm³/mol. The van der Waals surface area contributed by atoms with E-state index in [2.05, 4.69) is 0 Å². The van der Waals surface area contributed by atoms with Crippen LogP contribution in [0.3, 0.4) is 0 Å². The molecule has 5 heteroatoms. The van der Waals surface area contributed by atoms with E-state index >= 15 is 0 Å². The lowest BCUT2D eigenvalue weighted by molar-refractivity contribution is 0.179. The van der Waals surface area contributed by atoms with Crippen molar-refractivity contribution in [1.29, 1.82) is 0 Å². The number of halogens is 2. The fourth-order valence-corrected chi connectivity index (χ4v) is 2.80. The van der Waals surface area contributed by atoms with E-state index in [1.165, 1.54) is 30.6 Å². The molecule has 1 unspecified atom stereocenters. The second-order valence-corrected chi connectivity index (χ2v) is 5.21. The van der Waals surface area contributed by atoms with Crippen molar-refractivity contribution in [3.63, 3.8) is 0 Å². The van der Waals surface area contributed by atoms with Crippen molar-refractivity contribution < 1.29 is 14.2 Å². The molecule has 2 nitrogen and oxygen atoms in total. The van der Waals surface area contributed by atoms with E-state index in [9.17, 15) is 9.50 Å². The molecule has 0 saturated heterocycles. The van der Waals surface area contributed by atoms with Crippen molar-refractivity contribution in [3.8, 4) is 5.75 Å². The van der Waals surface area contributed by atoms with Crippen LogP contribution in [0.2, 0.25) is 5.02 Å². The van der Waals surface area contributed by atoms with Gasteiger partial charge >= 0.3 is 0 Å². The average Bonchev–Trinajstić information content (AvgIpc) is 2.75. The Bertz CT molecular complexity index is 542. The standard InChI is InChI=1S/C13H12ClFO2S/c1-17-12-6-8(2-3-10(12)15)11(16)7-13-9(14)4-5-18-13/h2-6,11,16H,7H2,1H3. The SMILES string of the molecule is COc1cc(C(O)Cc2sccc2Cl)ccc1F. The van der Waals surface area contributed by atoms with Crippen LogP contribution in [0, 0.1) is 5.82 Å². The number of aliphatic hydroxyl groups excluding tert-OH is 1. The van der Waals surface area contributed by atoms with Gasteiger partial charge in [0.05, 0.1) is 18.2 Å². The van der Waals surface area contributed by atoms with Crippen molar-refractivity contribution >= 4 is 22.9 Å². The van der Waals surface area contributed by atoms with Gasteiger partial charge in [-0.1, -0.05) is 17.7 Å². The van der Waals surface area contributed by atoms with Gasteiger partial charge in [-0.25, -0.2) is 4.39 Å². The minimum atomic E-state index is -0.726. The lowest BCUT2D eigenvalue weighted by Crippen LogP contribution is -2.02. The molecule has 96 valence electrons. The average molecular weight is 287 g/mol. The van der Waals surface area contributed by atoms with Gasteiger partial charge in [0.1, 0.15) is 0 Å². The zero-order valence-electron chi connectivity index (χ0n) is 9.69. The lowest BCUT2D eigenvalue weighted by atomic mass is 10.1. The third-order valence-electron chi connectivity index (χ3n) is 2.63. The normalized spacial score (nSPS) is 12.4.